The van der Waals surface area contributed by atoms with E-state index in [1.807, 2.05) is 30.3 Å². The lowest BCUT2D eigenvalue weighted by molar-refractivity contribution is 0.303. The van der Waals surface area contributed by atoms with Crippen molar-refractivity contribution in [1.82, 2.24) is 19.5 Å². The first-order chi connectivity index (χ1) is 40.8. The minimum atomic E-state index is -3.40. The number of thiazole rings is 1. The van der Waals surface area contributed by atoms with E-state index in [1.54, 1.807) is 11.3 Å². The first-order valence-electron chi connectivity index (χ1n) is 29.3. The van der Waals surface area contributed by atoms with E-state index in [0.29, 0.717) is 5.89 Å². The van der Waals surface area contributed by atoms with Gasteiger partial charge in [-0.3, -0.25) is 4.57 Å². The molecule has 3 heterocycles. The second kappa shape index (κ2) is 21.1. The largest absolute Gasteiger partial charge is 0.436 e. The Morgan fingerprint density at radius 3 is 1.44 bits per heavy atom. The van der Waals surface area contributed by atoms with Gasteiger partial charge in [0.1, 0.15) is 16.3 Å². The molecule has 3 aromatic heterocycles. The van der Waals surface area contributed by atoms with E-state index in [-0.39, 0.29) is 21.7 Å². The number of benzene rings is 10. The molecule has 10 aromatic carbocycles. The third-order valence-electron chi connectivity index (χ3n) is 17.9. The van der Waals surface area contributed by atoms with Crippen LogP contribution in [0.2, 0.25) is 0 Å². The summed E-state index contributed by atoms with van der Waals surface area (Å²) < 4.78 is 25.8. The first-order valence-corrected chi connectivity index (χ1v) is 31.9. The fourth-order valence-electron chi connectivity index (χ4n) is 11.9. The highest BCUT2D eigenvalue weighted by Crippen LogP contribution is 2.47. The topological polar surface area (TPSA) is 73.8 Å². The summed E-state index contributed by atoms with van der Waals surface area (Å²) in [5.41, 5.74) is 17.3. The summed E-state index contributed by atoms with van der Waals surface area (Å²) in [5.74, 6) is 1.51. The molecule has 1 unspecified atom stereocenters. The Labute approximate surface area is 503 Å². The number of rotatable bonds is 12. The smallest absolute Gasteiger partial charge is 0.227 e. The Hall–Kier alpha value is -8.74. The molecule has 1 atom stereocenters. The molecule has 0 aliphatic heterocycles. The van der Waals surface area contributed by atoms with Crippen molar-refractivity contribution >= 4 is 66.7 Å². The second-order valence-corrected chi connectivity index (χ2v) is 29.4. The average molecular weight is 1150 g/mol. The van der Waals surface area contributed by atoms with Crippen molar-refractivity contribution in [3.63, 3.8) is 0 Å². The molecule has 8 heteroatoms. The molecular weight excluding hydrogens is 1080 g/mol. The maximum absolute atomic E-state index is 16.4. The number of aromatic nitrogens is 4. The van der Waals surface area contributed by atoms with Gasteiger partial charge in [-0.1, -0.05) is 257 Å². The molecular formula is C77H69N4O2PS. The zero-order valence-electron chi connectivity index (χ0n) is 50.0. The number of fused-ring (bicyclic) bond motifs is 3. The van der Waals surface area contributed by atoms with Crippen LogP contribution in [0.3, 0.4) is 0 Å². The molecule has 6 nitrogen and oxygen atoms in total. The Bertz CT molecular complexity index is 4600. The van der Waals surface area contributed by atoms with Crippen molar-refractivity contribution in [3.8, 4) is 61.4 Å². The molecule has 0 N–H and O–H groups in total. The van der Waals surface area contributed by atoms with Gasteiger partial charge in [-0.2, -0.15) is 0 Å². The molecule has 0 spiro atoms. The summed E-state index contributed by atoms with van der Waals surface area (Å²) in [6.07, 6.45) is 0. The number of imidazole rings is 1. The lowest BCUT2D eigenvalue weighted by atomic mass is 9.61. The molecule has 0 aliphatic carbocycles. The lowest BCUT2D eigenvalue weighted by Gasteiger charge is -2.43. The summed E-state index contributed by atoms with van der Waals surface area (Å²) >= 11 is 1.71. The van der Waals surface area contributed by atoms with Crippen LogP contribution in [0.15, 0.2) is 241 Å². The molecule has 0 saturated heterocycles. The van der Waals surface area contributed by atoms with Gasteiger partial charge in [0.25, 0.3) is 0 Å². The Morgan fingerprint density at radius 1 is 0.400 bits per heavy atom. The van der Waals surface area contributed by atoms with E-state index in [1.165, 1.54) is 22.3 Å². The minimum Gasteiger partial charge on any atom is -0.436 e. The van der Waals surface area contributed by atoms with Crippen LogP contribution in [0.5, 0.6) is 0 Å². The van der Waals surface area contributed by atoms with Gasteiger partial charge in [0, 0.05) is 49.4 Å². The summed E-state index contributed by atoms with van der Waals surface area (Å²) in [6, 6.07) is 82.8. The number of nitrogens with zero attached hydrogens (tertiary/aromatic N) is 4. The van der Waals surface area contributed by atoms with Crippen LogP contribution in [0.1, 0.15) is 91.5 Å². The fourth-order valence-corrected chi connectivity index (χ4v) is 15.6. The predicted molar refractivity (Wildman–Crippen MR) is 358 cm³/mol. The van der Waals surface area contributed by atoms with E-state index in [0.717, 1.165) is 104 Å². The zero-order valence-corrected chi connectivity index (χ0v) is 51.7. The molecule has 0 aliphatic rings. The quantitative estimate of drug-likeness (QED) is 0.114. The van der Waals surface area contributed by atoms with Crippen LogP contribution in [0.25, 0.3) is 93.7 Å². The fraction of sp³-hybridized carbons (Fsp3) is 0.182. The molecule has 420 valence electrons. The molecule has 0 fully saturated rings. The van der Waals surface area contributed by atoms with Crippen LogP contribution in [-0.4, -0.2) is 19.5 Å². The summed E-state index contributed by atoms with van der Waals surface area (Å²) in [7, 11) is -3.40. The van der Waals surface area contributed by atoms with Crippen LogP contribution in [-0.2, 0) is 26.2 Å². The Kier molecular flexibility index (Phi) is 13.8. The number of hydrogen-bond acceptors (Lipinski definition) is 6. The van der Waals surface area contributed by atoms with E-state index < -0.39 is 7.14 Å². The van der Waals surface area contributed by atoms with E-state index in [2.05, 4.69) is 280 Å². The maximum atomic E-state index is 16.4. The monoisotopic (exact) mass is 1140 g/mol. The summed E-state index contributed by atoms with van der Waals surface area (Å²) in [5, 5.41) is 3.31. The maximum Gasteiger partial charge on any atom is 0.227 e. The van der Waals surface area contributed by atoms with Gasteiger partial charge >= 0.3 is 0 Å². The average Bonchev–Trinajstić information content (AvgIpc) is 2.72. The van der Waals surface area contributed by atoms with E-state index >= 15 is 4.57 Å². The molecule has 13 aromatic rings. The van der Waals surface area contributed by atoms with E-state index in [4.69, 9.17) is 19.4 Å². The third-order valence-corrected chi connectivity index (χ3v) is 22.1. The number of oxazole rings is 1. The van der Waals surface area contributed by atoms with Gasteiger partial charge in [0.2, 0.25) is 5.89 Å². The van der Waals surface area contributed by atoms with Crippen molar-refractivity contribution in [2.75, 3.05) is 0 Å². The Balaban J connectivity index is 0.802. The van der Waals surface area contributed by atoms with Gasteiger partial charge < -0.3 is 8.98 Å². The number of hydrogen-bond donors (Lipinski definition) is 0. The van der Waals surface area contributed by atoms with Gasteiger partial charge in [0.15, 0.2) is 12.7 Å². The van der Waals surface area contributed by atoms with E-state index in [9.17, 15) is 0 Å². The molecule has 0 saturated carbocycles. The van der Waals surface area contributed by atoms with Gasteiger partial charge in [-0.15, -0.1) is 11.3 Å². The highest BCUT2D eigenvalue weighted by atomic mass is 32.1. The van der Waals surface area contributed by atoms with Gasteiger partial charge in [-0.25, -0.2) is 15.0 Å². The van der Waals surface area contributed by atoms with Crippen molar-refractivity contribution in [2.45, 2.75) is 90.9 Å². The molecule has 0 amide bonds. The summed E-state index contributed by atoms with van der Waals surface area (Å²) in [4.78, 5) is 15.4. The minimum absolute atomic E-state index is 0.0332. The van der Waals surface area contributed by atoms with Crippen molar-refractivity contribution in [1.29, 1.82) is 0 Å². The second-order valence-electron chi connectivity index (χ2n) is 25.7. The number of para-hydroxylation sites is 4. The Morgan fingerprint density at radius 2 is 0.859 bits per heavy atom. The SMILES string of the molecule is CC(C)(C)c1ccc(-c2nc3c(-c4ccc(P(=O)(c5ccc(-c6cccc7nc(-c8ccc(C(C)(C)C(C)(C)c9ccc(-c%10nc%11ccccc%11o%10)cc9)cc8)sc67)cc5)c5ccc(C(C)(C)C)cc5)cc4)cccc3n2-c2ccccc2)cc1. The lowest BCUT2D eigenvalue weighted by Crippen LogP contribution is -2.40. The van der Waals surface area contributed by atoms with Crippen LogP contribution in [0.4, 0.5) is 0 Å². The molecule has 85 heavy (non-hydrogen) atoms. The van der Waals surface area contributed by atoms with Crippen molar-refractivity contribution in [3.05, 3.63) is 259 Å². The predicted octanol–water partition coefficient (Wildman–Crippen LogP) is 19.6. The van der Waals surface area contributed by atoms with Gasteiger partial charge in [0.05, 0.1) is 21.3 Å². The molecule has 13 rings (SSSR count). The summed E-state index contributed by atoms with van der Waals surface area (Å²) in [6.45, 7) is 22.7. The first kappa shape index (κ1) is 55.4. The highest BCUT2D eigenvalue weighted by molar-refractivity contribution is 7.85. The van der Waals surface area contributed by atoms with Crippen LogP contribution >= 0.6 is 18.5 Å². The van der Waals surface area contributed by atoms with Crippen LogP contribution < -0.4 is 15.9 Å². The highest BCUT2D eigenvalue weighted by Gasteiger charge is 2.40. The van der Waals surface area contributed by atoms with Crippen molar-refractivity contribution in [2.24, 2.45) is 0 Å². The van der Waals surface area contributed by atoms with Crippen LogP contribution in [0, 0.1) is 0 Å². The zero-order chi connectivity index (χ0) is 59.0. The van der Waals surface area contributed by atoms with Crippen molar-refractivity contribution < 1.29 is 8.98 Å². The standard InChI is InChI=1S/C77H69N4O2PS/c1-74(2,3)55-36-26-52(27-37-55)71-80-69-63(20-17-24-67(69)81(71)59-18-12-11-13-19-59)50-32-44-60(45-33-50)84(82,62-48-42-56(43-49-62)75(4,5)6)61-46-34-51(35-47-61)64-21-16-23-66-70(64)85-73(79-66)54-30-40-58(41-31-54)77(9,10)76(7,8)57-38-28-53(29-39-57)72-78-65-22-14-15-25-68(65)83-72/h11-49H,1-10H3. The van der Waals surface area contributed by atoms with Gasteiger partial charge in [-0.05, 0) is 104 Å². The molecule has 0 bridgehead atoms. The normalized spacial score (nSPS) is 13.2. The third kappa shape index (κ3) is 9.97. The molecule has 0 radical (unpaired) electrons.